The first-order valence-corrected chi connectivity index (χ1v) is 7.36. The lowest BCUT2D eigenvalue weighted by Crippen LogP contribution is -2.38. The van der Waals surface area contributed by atoms with Crippen LogP contribution in [0.5, 0.6) is 5.75 Å². The van der Waals surface area contributed by atoms with Crippen molar-refractivity contribution in [3.05, 3.63) is 29.3 Å². The molecule has 5 N–H and O–H groups in total. The summed E-state index contributed by atoms with van der Waals surface area (Å²) in [7, 11) is 0. The average molecular weight is 341 g/mol. The molecule has 8 nitrogen and oxygen atoms in total. The summed E-state index contributed by atoms with van der Waals surface area (Å²) >= 11 is 0. The zero-order chi connectivity index (χ0) is 18.5. The number of aliphatic hydroxyl groups is 2. The van der Waals surface area contributed by atoms with Gasteiger partial charge in [-0.15, -0.1) is 0 Å². The number of carbonyl (C=O) groups is 2. The number of carbonyl (C=O) groups excluding carboxylic acids is 1. The van der Waals surface area contributed by atoms with Crippen LogP contribution in [-0.2, 0) is 16.0 Å². The van der Waals surface area contributed by atoms with Crippen LogP contribution in [0.4, 0.5) is 4.79 Å². The molecule has 8 heteroatoms. The number of phenolic OH excluding ortho intramolecular Hbond substituents is 1. The lowest BCUT2D eigenvalue weighted by molar-refractivity contribution is -0.136. The molecule has 0 heterocycles. The minimum absolute atomic E-state index is 0.0211. The molecule has 134 valence electrons. The summed E-state index contributed by atoms with van der Waals surface area (Å²) in [6, 6.07) is 3.95. The first-order valence-electron chi connectivity index (χ1n) is 7.36. The normalized spacial score (nSPS) is 13.9. The molecule has 1 aromatic carbocycles. The fourth-order valence-electron chi connectivity index (χ4n) is 1.95. The van der Waals surface area contributed by atoms with Crippen molar-refractivity contribution < 1.29 is 34.8 Å². The number of benzene rings is 1. The summed E-state index contributed by atoms with van der Waals surface area (Å²) in [5.74, 6) is -1.35. The summed E-state index contributed by atoms with van der Waals surface area (Å²) < 4.78 is 5.00. The zero-order valence-electron chi connectivity index (χ0n) is 13.8. The third-order valence-corrected chi connectivity index (χ3v) is 2.98. The van der Waals surface area contributed by atoms with E-state index in [0.717, 1.165) is 0 Å². The highest BCUT2D eigenvalue weighted by molar-refractivity contribution is 5.70. The molecule has 1 aromatic rings. The van der Waals surface area contributed by atoms with Gasteiger partial charge in [0.05, 0.1) is 6.42 Å². The third kappa shape index (κ3) is 6.43. The number of alkyl carbamates (subject to hydrolysis) is 1. The minimum atomic E-state index is -1.51. The molecular formula is C16H23NO7. The fourth-order valence-corrected chi connectivity index (χ4v) is 1.95. The summed E-state index contributed by atoms with van der Waals surface area (Å²) in [4.78, 5) is 22.2. The van der Waals surface area contributed by atoms with Gasteiger partial charge >= 0.3 is 12.1 Å². The molecule has 0 fully saturated rings. The number of hydrogen-bond donors (Lipinski definition) is 5. The van der Waals surface area contributed by atoms with Gasteiger partial charge in [0.2, 0.25) is 0 Å². The Hall–Kier alpha value is -2.32. The fraction of sp³-hybridized carbons (Fsp3) is 0.500. The Morgan fingerprint density at radius 3 is 2.42 bits per heavy atom. The molecule has 2 unspecified atom stereocenters. The quantitative estimate of drug-likeness (QED) is 0.519. The summed E-state index contributed by atoms with van der Waals surface area (Å²) in [6.45, 7) is 4.75. The van der Waals surface area contributed by atoms with Gasteiger partial charge in [0.1, 0.15) is 23.6 Å². The number of rotatable bonds is 6. The summed E-state index contributed by atoms with van der Waals surface area (Å²) in [5.41, 5.74) is -0.356. The number of aromatic hydroxyl groups is 1. The number of amides is 1. The maximum Gasteiger partial charge on any atom is 0.407 e. The van der Waals surface area contributed by atoms with Crippen molar-refractivity contribution in [1.29, 1.82) is 0 Å². The average Bonchev–Trinajstić information content (AvgIpc) is 2.43. The maximum atomic E-state index is 11.5. The third-order valence-electron chi connectivity index (χ3n) is 2.98. The Balaban J connectivity index is 2.73. The van der Waals surface area contributed by atoms with E-state index in [9.17, 15) is 24.9 Å². The van der Waals surface area contributed by atoms with Crippen LogP contribution < -0.4 is 5.32 Å². The first kappa shape index (κ1) is 19.7. The van der Waals surface area contributed by atoms with Crippen molar-refractivity contribution in [3.63, 3.8) is 0 Å². The molecule has 24 heavy (non-hydrogen) atoms. The van der Waals surface area contributed by atoms with Crippen molar-refractivity contribution in [2.75, 3.05) is 6.54 Å². The molecule has 0 aliphatic carbocycles. The van der Waals surface area contributed by atoms with Gasteiger partial charge in [0.25, 0.3) is 0 Å². The van der Waals surface area contributed by atoms with Crippen LogP contribution >= 0.6 is 0 Å². The van der Waals surface area contributed by atoms with E-state index in [2.05, 4.69) is 5.32 Å². The molecule has 0 saturated heterocycles. The number of nitrogens with one attached hydrogen (secondary N) is 1. The van der Waals surface area contributed by atoms with Crippen LogP contribution in [0, 0.1) is 0 Å². The molecule has 2 atom stereocenters. The molecule has 0 radical (unpaired) electrons. The van der Waals surface area contributed by atoms with Crippen LogP contribution in [-0.4, -0.2) is 50.7 Å². The molecule has 0 aliphatic rings. The predicted molar refractivity (Wildman–Crippen MR) is 84.6 cm³/mol. The topological polar surface area (TPSA) is 136 Å². The second kappa shape index (κ2) is 7.98. The van der Waals surface area contributed by atoms with Gasteiger partial charge < -0.3 is 30.5 Å². The van der Waals surface area contributed by atoms with Gasteiger partial charge in [-0.1, -0.05) is 6.07 Å². The van der Waals surface area contributed by atoms with Crippen LogP contribution in [0.15, 0.2) is 18.2 Å². The van der Waals surface area contributed by atoms with Crippen molar-refractivity contribution >= 4 is 12.1 Å². The number of carboxylic acids is 1. The number of aliphatic carboxylic acids is 1. The van der Waals surface area contributed by atoms with E-state index in [0.29, 0.717) is 5.56 Å². The lowest BCUT2D eigenvalue weighted by atomic mass is 9.99. The van der Waals surface area contributed by atoms with Crippen LogP contribution in [0.2, 0.25) is 0 Å². The van der Waals surface area contributed by atoms with Crippen LogP contribution in [0.25, 0.3) is 0 Å². The van der Waals surface area contributed by atoms with E-state index in [1.807, 2.05) is 0 Å². The van der Waals surface area contributed by atoms with Gasteiger partial charge in [0.15, 0.2) is 0 Å². The maximum absolute atomic E-state index is 11.5. The molecule has 0 spiro atoms. The summed E-state index contributed by atoms with van der Waals surface area (Å²) in [5, 5.41) is 41.0. The van der Waals surface area contributed by atoms with Crippen molar-refractivity contribution in [2.45, 2.75) is 45.0 Å². The smallest absolute Gasteiger partial charge is 0.407 e. The lowest BCUT2D eigenvalue weighted by Gasteiger charge is -2.22. The number of aliphatic hydroxyl groups excluding tert-OH is 2. The van der Waals surface area contributed by atoms with Crippen LogP contribution in [0.3, 0.4) is 0 Å². The van der Waals surface area contributed by atoms with E-state index in [4.69, 9.17) is 9.84 Å². The largest absolute Gasteiger partial charge is 0.508 e. The number of phenols is 1. The van der Waals surface area contributed by atoms with E-state index in [1.54, 1.807) is 20.8 Å². The molecule has 0 bridgehead atoms. The molecule has 0 aromatic heterocycles. The highest BCUT2D eigenvalue weighted by Gasteiger charge is 2.24. The Kier molecular flexibility index (Phi) is 6.56. The Morgan fingerprint density at radius 1 is 1.25 bits per heavy atom. The first-order chi connectivity index (χ1) is 11.0. The Bertz CT molecular complexity index is 595. The highest BCUT2D eigenvalue weighted by Crippen LogP contribution is 2.27. The van der Waals surface area contributed by atoms with Crippen molar-refractivity contribution in [2.24, 2.45) is 0 Å². The second-order valence-corrected chi connectivity index (χ2v) is 6.36. The molecular weight excluding hydrogens is 318 g/mol. The second-order valence-electron chi connectivity index (χ2n) is 6.36. The van der Waals surface area contributed by atoms with E-state index < -0.39 is 29.9 Å². The van der Waals surface area contributed by atoms with Gasteiger partial charge in [-0.25, -0.2) is 4.79 Å². The number of hydrogen-bond acceptors (Lipinski definition) is 6. The Labute approximate surface area is 139 Å². The standard InChI is InChI=1S/C16H23NO7/c1-16(2,3)24-15(23)17-8-12(19)14(22)10-6-9(7-13(20)21)4-5-11(10)18/h4-6,12,14,18-19,22H,7-8H2,1-3H3,(H,17,23)(H,20,21). The monoisotopic (exact) mass is 341 g/mol. The van der Waals surface area contributed by atoms with Gasteiger partial charge in [-0.05, 0) is 38.5 Å². The number of carboxylic acid groups (broad SMARTS) is 1. The van der Waals surface area contributed by atoms with Gasteiger partial charge in [0, 0.05) is 12.1 Å². The zero-order valence-corrected chi connectivity index (χ0v) is 13.8. The Morgan fingerprint density at radius 2 is 1.88 bits per heavy atom. The minimum Gasteiger partial charge on any atom is -0.508 e. The number of ether oxygens (including phenoxy) is 1. The van der Waals surface area contributed by atoms with E-state index in [-0.39, 0.29) is 24.3 Å². The van der Waals surface area contributed by atoms with Crippen molar-refractivity contribution in [1.82, 2.24) is 5.32 Å². The van der Waals surface area contributed by atoms with Crippen molar-refractivity contribution in [3.8, 4) is 5.75 Å². The van der Waals surface area contributed by atoms with Gasteiger partial charge in [-0.2, -0.15) is 0 Å². The van der Waals surface area contributed by atoms with Gasteiger partial charge in [-0.3, -0.25) is 4.79 Å². The summed E-state index contributed by atoms with van der Waals surface area (Å²) in [6.07, 6.45) is -3.96. The predicted octanol–water partition coefficient (Wildman–Crippen LogP) is 0.938. The SMILES string of the molecule is CC(C)(C)OC(=O)NCC(O)C(O)c1cc(CC(=O)O)ccc1O. The molecule has 1 rings (SSSR count). The van der Waals surface area contributed by atoms with E-state index in [1.165, 1.54) is 18.2 Å². The molecule has 1 amide bonds. The molecule has 0 aliphatic heterocycles. The van der Waals surface area contributed by atoms with Crippen LogP contribution in [0.1, 0.15) is 38.0 Å². The van der Waals surface area contributed by atoms with E-state index >= 15 is 0 Å². The highest BCUT2D eigenvalue weighted by atomic mass is 16.6. The molecule has 0 saturated carbocycles.